The molecule has 0 N–H and O–H groups in total. The molecule has 0 aromatic heterocycles. The van der Waals surface area contributed by atoms with Gasteiger partial charge < -0.3 is 33.2 Å². The molecule has 2 saturated heterocycles. The van der Waals surface area contributed by atoms with Gasteiger partial charge in [0.1, 0.15) is 24.2 Å². The van der Waals surface area contributed by atoms with Crippen LogP contribution in [0.5, 0.6) is 11.5 Å². The minimum absolute atomic E-state index is 0.147. The van der Waals surface area contributed by atoms with Crippen molar-refractivity contribution < 1.29 is 42.7 Å². The van der Waals surface area contributed by atoms with Gasteiger partial charge in [0.25, 0.3) is 0 Å². The van der Waals surface area contributed by atoms with Gasteiger partial charge in [-0.2, -0.15) is 0 Å². The summed E-state index contributed by atoms with van der Waals surface area (Å²) in [7, 11) is 3.08. The molecular weight excluding hydrogens is 432 g/mol. The molecular formula is C24H26O9. The lowest BCUT2D eigenvalue weighted by Gasteiger charge is -2.25. The van der Waals surface area contributed by atoms with Crippen molar-refractivity contribution in [2.75, 3.05) is 20.8 Å². The van der Waals surface area contributed by atoms with E-state index < -0.39 is 42.3 Å². The highest BCUT2D eigenvalue weighted by atomic mass is 16.8. The molecule has 0 bridgehead atoms. The van der Waals surface area contributed by atoms with Crippen LogP contribution in [0.1, 0.15) is 34.6 Å². The van der Waals surface area contributed by atoms with Gasteiger partial charge in [-0.05, 0) is 62.4 Å². The zero-order valence-electron chi connectivity index (χ0n) is 18.8. The summed E-state index contributed by atoms with van der Waals surface area (Å²) in [4.78, 5) is 25.2. The molecule has 0 saturated carbocycles. The quantitative estimate of drug-likeness (QED) is 0.580. The van der Waals surface area contributed by atoms with Crippen LogP contribution in [-0.2, 0) is 23.7 Å². The maximum absolute atomic E-state index is 12.8. The second-order valence-electron chi connectivity index (χ2n) is 8.07. The van der Waals surface area contributed by atoms with Gasteiger partial charge in [0.2, 0.25) is 0 Å². The number of methoxy groups -OCH3 is 2. The topological polar surface area (TPSA) is 98.8 Å². The molecule has 9 nitrogen and oxygen atoms in total. The predicted octanol–water partition coefficient (Wildman–Crippen LogP) is 2.96. The fourth-order valence-corrected chi connectivity index (χ4v) is 3.71. The Labute approximate surface area is 191 Å². The number of carbonyl (C=O) groups excluding carboxylic acids is 2. The van der Waals surface area contributed by atoms with Crippen LogP contribution >= 0.6 is 0 Å². The van der Waals surface area contributed by atoms with Crippen LogP contribution in [0, 0.1) is 0 Å². The Bertz CT molecular complexity index is 984. The first kappa shape index (κ1) is 23.0. The maximum atomic E-state index is 12.8. The summed E-state index contributed by atoms with van der Waals surface area (Å²) in [6.45, 7) is 3.34. The number of carbonyl (C=O) groups is 2. The third kappa shape index (κ3) is 5.11. The highest BCUT2D eigenvalue weighted by Crippen LogP contribution is 2.39. The van der Waals surface area contributed by atoms with E-state index in [1.807, 2.05) is 0 Å². The van der Waals surface area contributed by atoms with Crippen LogP contribution in [0.25, 0.3) is 0 Å². The third-order valence-corrected chi connectivity index (χ3v) is 5.36. The van der Waals surface area contributed by atoms with Crippen LogP contribution in [-0.4, -0.2) is 63.2 Å². The Morgan fingerprint density at radius 3 is 1.94 bits per heavy atom. The number of rotatable bonds is 7. The zero-order chi connectivity index (χ0) is 23.6. The van der Waals surface area contributed by atoms with E-state index in [-0.39, 0.29) is 6.61 Å². The Kier molecular flexibility index (Phi) is 6.55. The molecule has 9 heteroatoms. The largest absolute Gasteiger partial charge is 0.497 e. The van der Waals surface area contributed by atoms with Crippen LogP contribution < -0.4 is 9.47 Å². The average molecular weight is 458 g/mol. The van der Waals surface area contributed by atoms with Gasteiger partial charge in [-0.3, -0.25) is 0 Å². The predicted molar refractivity (Wildman–Crippen MR) is 114 cm³/mol. The Morgan fingerprint density at radius 2 is 1.39 bits per heavy atom. The molecule has 0 amide bonds. The monoisotopic (exact) mass is 458 g/mol. The summed E-state index contributed by atoms with van der Waals surface area (Å²) in [5, 5.41) is 0. The van der Waals surface area contributed by atoms with Crippen LogP contribution in [0.4, 0.5) is 0 Å². The Hall–Kier alpha value is -3.14. The van der Waals surface area contributed by atoms with Gasteiger partial charge >= 0.3 is 11.9 Å². The molecule has 2 aliphatic rings. The molecule has 2 heterocycles. The molecule has 0 aliphatic carbocycles. The lowest BCUT2D eigenvalue weighted by atomic mass is 10.1. The number of esters is 2. The molecule has 0 spiro atoms. The fourth-order valence-electron chi connectivity index (χ4n) is 3.71. The summed E-state index contributed by atoms with van der Waals surface area (Å²) < 4.78 is 38.9. The minimum atomic E-state index is -0.898. The van der Waals surface area contributed by atoms with Crippen molar-refractivity contribution in [2.45, 2.75) is 44.2 Å². The van der Waals surface area contributed by atoms with Crippen LogP contribution in [0.3, 0.4) is 0 Å². The molecule has 33 heavy (non-hydrogen) atoms. The number of fused-ring (bicyclic) bond motifs is 1. The van der Waals surface area contributed by atoms with E-state index in [0.29, 0.717) is 22.6 Å². The molecule has 4 rings (SSSR count). The van der Waals surface area contributed by atoms with Gasteiger partial charge in [-0.15, -0.1) is 0 Å². The lowest BCUT2D eigenvalue weighted by Crippen LogP contribution is -2.40. The van der Waals surface area contributed by atoms with E-state index in [4.69, 9.17) is 33.2 Å². The van der Waals surface area contributed by atoms with Crippen molar-refractivity contribution in [2.24, 2.45) is 0 Å². The highest BCUT2D eigenvalue weighted by molar-refractivity contribution is 5.90. The molecule has 0 unspecified atom stereocenters. The van der Waals surface area contributed by atoms with E-state index >= 15 is 0 Å². The summed E-state index contributed by atoms with van der Waals surface area (Å²) in [6, 6.07) is 13.1. The number of hydrogen-bond donors (Lipinski definition) is 0. The first-order chi connectivity index (χ1) is 15.8. The van der Waals surface area contributed by atoms with Crippen LogP contribution in [0.2, 0.25) is 0 Å². The van der Waals surface area contributed by atoms with E-state index in [9.17, 15) is 9.59 Å². The zero-order valence-corrected chi connectivity index (χ0v) is 18.8. The molecule has 2 aromatic rings. The van der Waals surface area contributed by atoms with Gasteiger partial charge in [-0.1, -0.05) is 0 Å². The molecule has 2 aromatic carbocycles. The van der Waals surface area contributed by atoms with Crippen molar-refractivity contribution >= 4 is 11.9 Å². The first-order valence-electron chi connectivity index (χ1n) is 10.5. The Morgan fingerprint density at radius 1 is 0.848 bits per heavy atom. The standard InChI is InChI=1S/C24H26O9/c1-24(2)32-20-19(31-22(26)15-7-11-17(28-4)12-8-15)18(30-23(20)33-24)13-29-21(25)14-5-9-16(27-3)10-6-14/h5-12,18-20,23H,13H2,1-4H3/t18-,19+,20-,23-/m1/s1. The molecule has 4 atom stereocenters. The van der Waals surface area contributed by atoms with E-state index in [1.165, 1.54) is 0 Å². The van der Waals surface area contributed by atoms with Gasteiger partial charge in [-0.25, -0.2) is 9.59 Å². The molecule has 2 aliphatic heterocycles. The SMILES string of the molecule is COc1ccc(C(=O)OC[C@H]2O[C@@H]3OC(C)(C)O[C@@H]3[C@H]2OC(=O)c2ccc(OC)cc2)cc1. The van der Waals surface area contributed by atoms with Crippen molar-refractivity contribution in [1.82, 2.24) is 0 Å². The van der Waals surface area contributed by atoms with Crippen molar-refractivity contribution in [3.63, 3.8) is 0 Å². The summed E-state index contributed by atoms with van der Waals surface area (Å²) in [6.07, 6.45) is -3.01. The maximum Gasteiger partial charge on any atom is 0.338 e. The number of benzene rings is 2. The first-order valence-corrected chi connectivity index (χ1v) is 10.5. The summed E-state index contributed by atoms with van der Waals surface area (Å²) in [5.41, 5.74) is 0.695. The molecule has 0 radical (unpaired) electrons. The molecule has 176 valence electrons. The fraction of sp³-hybridized carbons (Fsp3) is 0.417. The number of ether oxygens (including phenoxy) is 7. The highest BCUT2D eigenvalue weighted by Gasteiger charge is 2.57. The van der Waals surface area contributed by atoms with E-state index in [0.717, 1.165) is 0 Å². The van der Waals surface area contributed by atoms with Crippen molar-refractivity contribution in [3.05, 3.63) is 59.7 Å². The minimum Gasteiger partial charge on any atom is -0.497 e. The van der Waals surface area contributed by atoms with Crippen molar-refractivity contribution in [3.8, 4) is 11.5 Å². The second kappa shape index (κ2) is 9.38. The summed E-state index contributed by atoms with van der Waals surface area (Å²) in [5.74, 6) is -0.757. The second-order valence-corrected chi connectivity index (χ2v) is 8.07. The summed E-state index contributed by atoms with van der Waals surface area (Å²) >= 11 is 0. The van der Waals surface area contributed by atoms with Gasteiger partial charge in [0.15, 0.2) is 24.3 Å². The van der Waals surface area contributed by atoms with Gasteiger partial charge in [0.05, 0.1) is 25.3 Å². The van der Waals surface area contributed by atoms with Gasteiger partial charge in [0, 0.05) is 0 Å². The molecule has 2 fully saturated rings. The van der Waals surface area contributed by atoms with Crippen molar-refractivity contribution in [1.29, 1.82) is 0 Å². The van der Waals surface area contributed by atoms with E-state index in [2.05, 4.69) is 0 Å². The smallest absolute Gasteiger partial charge is 0.338 e. The average Bonchev–Trinajstić information content (AvgIpc) is 3.29. The lowest BCUT2D eigenvalue weighted by molar-refractivity contribution is -0.218. The van der Waals surface area contributed by atoms with E-state index in [1.54, 1.807) is 76.6 Å². The number of hydrogen-bond acceptors (Lipinski definition) is 9. The van der Waals surface area contributed by atoms with Crippen LogP contribution in [0.15, 0.2) is 48.5 Å². The normalized spacial score (nSPS) is 25.2. The third-order valence-electron chi connectivity index (χ3n) is 5.36. The Balaban J connectivity index is 1.44.